The van der Waals surface area contributed by atoms with Crippen molar-refractivity contribution < 1.29 is 45.0 Å². The highest BCUT2D eigenvalue weighted by atomic mass is 32.3. The molecule has 184 valence electrons. The van der Waals surface area contributed by atoms with Crippen molar-refractivity contribution in [2.45, 2.75) is 52.4 Å². The molecule has 0 spiro atoms. The minimum absolute atomic E-state index is 0.0249. The molecule has 1 aliphatic rings. The number of hydrogen-bond acceptors (Lipinski definition) is 11. The largest absolute Gasteiger partial charge is 0.488 e. The second kappa shape index (κ2) is 10.2. The zero-order chi connectivity index (χ0) is 25.0. The Morgan fingerprint density at radius 2 is 1.82 bits per heavy atom. The van der Waals surface area contributed by atoms with E-state index in [-0.39, 0.29) is 24.7 Å². The number of benzene rings is 1. The standard InChI is InChI=1S/C20H21FN2O10S/c1-11-9-23(17-8-16(30-12(2)24)19(32-17)31-13(3)25)20(26)22-18(11)29-10-14-4-6-15(7-5-14)33-34(21,27)28/h4-7,9,16-17,19H,8,10H2,1-3H3/t16?,17-,19+/m1/s1. The molecule has 1 aromatic carbocycles. The van der Waals surface area contributed by atoms with Crippen molar-refractivity contribution in [1.29, 1.82) is 0 Å². The minimum atomic E-state index is -5.12. The lowest BCUT2D eigenvalue weighted by atomic mass is 10.2. The van der Waals surface area contributed by atoms with Crippen molar-refractivity contribution in [2.75, 3.05) is 0 Å². The average molecular weight is 500 g/mol. The quantitative estimate of drug-likeness (QED) is 0.383. The third-order valence-corrected chi connectivity index (χ3v) is 4.91. The van der Waals surface area contributed by atoms with Crippen LogP contribution in [-0.4, -0.2) is 42.3 Å². The molecule has 2 heterocycles. The van der Waals surface area contributed by atoms with Gasteiger partial charge in [-0.25, -0.2) is 4.79 Å². The molecule has 1 saturated heterocycles. The number of hydrogen-bond donors (Lipinski definition) is 0. The molecular formula is C20H21FN2O10S. The first-order chi connectivity index (χ1) is 15.9. The van der Waals surface area contributed by atoms with Gasteiger partial charge in [0.1, 0.15) is 18.6 Å². The van der Waals surface area contributed by atoms with Crippen molar-refractivity contribution in [2.24, 2.45) is 0 Å². The minimum Gasteiger partial charge on any atom is -0.472 e. The SMILES string of the molecule is CC(=O)OC1C[C@H](n2cc(C)c(OCc3ccc(OS(=O)(=O)F)cc3)nc2=O)O[C@@H]1OC(C)=O. The Hall–Kier alpha value is -3.52. The second-order valence-corrected chi connectivity index (χ2v) is 8.23. The van der Waals surface area contributed by atoms with Gasteiger partial charge < -0.3 is 23.1 Å². The molecule has 0 amide bonds. The van der Waals surface area contributed by atoms with Crippen LogP contribution in [0.1, 0.15) is 37.6 Å². The maximum atomic E-state index is 12.6. The highest BCUT2D eigenvalue weighted by Crippen LogP contribution is 2.31. The smallest absolute Gasteiger partial charge is 0.472 e. The Morgan fingerprint density at radius 3 is 2.41 bits per heavy atom. The summed E-state index contributed by atoms with van der Waals surface area (Å²) in [7, 11) is -5.12. The fourth-order valence-corrected chi connectivity index (χ4v) is 3.52. The number of esters is 2. The summed E-state index contributed by atoms with van der Waals surface area (Å²) in [5, 5.41) is 0. The molecule has 14 heteroatoms. The molecule has 1 unspecified atom stereocenters. The maximum Gasteiger partial charge on any atom is 0.488 e. The molecule has 1 aromatic heterocycles. The molecule has 0 saturated carbocycles. The van der Waals surface area contributed by atoms with Gasteiger partial charge in [0.05, 0.1) is 0 Å². The highest BCUT2D eigenvalue weighted by molar-refractivity contribution is 7.81. The van der Waals surface area contributed by atoms with Crippen molar-refractivity contribution >= 4 is 22.4 Å². The van der Waals surface area contributed by atoms with E-state index < -0.39 is 46.8 Å². The number of carbonyl (C=O) groups excluding carboxylic acids is 2. The summed E-state index contributed by atoms with van der Waals surface area (Å²) < 4.78 is 60.2. The van der Waals surface area contributed by atoms with Crippen LogP contribution in [0, 0.1) is 6.92 Å². The van der Waals surface area contributed by atoms with Crippen LogP contribution in [0.2, 0.25) is 0 Å². The third-order valence-electron chi connectivity index (χ3n) is 4.52. The van der Waals surface area contributed by atoms with Crippen LogP contribution in [0.5, 0.6) is 11.6 Å². The topological polar surface area (TPSA) is 149 Å². The number of carbonyl (C=O) groups is 2. The molecule has 0 radical (unpaired) electrons. The van der Waals surface area contributed by atoms with Gasteiger partial charge in [0, 0.05) is 32.0 Å². The van der Waals surface area contributed by atoms with Crippen LogP contribution in [0.25, 0.3) is 0 Å². The fraction of sp³-hybridized carbons (Fsp3) is 0.400. The van der Waals surface area contributed by atoms with E-state index in [1.165, 1.54) is 48.9 Å². The second-order valence-electron chi connectivity index (χ2n) is 7.28. The predicted octanol–water partition coefficient (Wildman–Crippen LogP) is 1.46. The van der Waals surface area contributed by atoms with Crippen LogP contribution in [0.3, 0.4) is 0 Å². The van der Waals surface area contributed by atoms with Crippen LogP contribution in [-0.2, 0) is 40.9 Å². The third kappa shape index (κ3) is 6.74. The Balaban J connectivity index is 1.70. The van der Waals surface area contributed by atoms with Gasteiger partial charge in [-0.3, -0.25) is 14.2 Å². The van der Waals surface area contributed by atoms with Gasteiger partial charge in [-0.15, -0.1) is 0 Å². The first kappa shape index (κ1) is 25.1. The molecule has 1 fully saturated rings. The molecular weight excluding hydrogens is 479 g/mol. The summed E-state index contributed by atoms with van der Waals surface area (Å²) in [6.07, 6.45) is -1.47. The van der Waals surface area contributed by atoms with Crippen LogP contribution >= 0.6 is 0 Å². The predicted molar refractivity (Wildman–Crippen MR) is 111 cm³/mol. The van der Waals surface area contributed by atoms with Crippen molar-refractivity contribution in [1.82, 2.24) is 9.55 Å². The lowest BCUT2D eigenvalue weighted by molar-refractivity contribution is -0.198. The number of halogens is 1. The van der Waals surface area contributed by atoms with E-state index in [1.54, 1.807) is 6.92 Å². The molecule has 3 atom stereocenters. The maximum absolute atomic E-state index is 12.6. The number of nitrogens with zero attached hydrogens (tertiary/aromatic N) is 2. The van der Waals surface area contributed by atoms with Gasteiger partial charge in [0.15, 0.2) is 6.10 Å². The number of aryl methyl sites for hydroxylation is 1. The van der Waals surface area contributed by atoms with E-state index in [9.17, 15) is 26.7 Å². The lowest BCUT2D eigenvalue weighted by Crippen LogP contribution is -2.30. The Kier molecular flexibility index (Phi) is 7.51. The van der Waals surface area contributed by atoms with Gasteiger partial charge in [-0.05, 0) is 24.6 Å². The first-order valence-electron chi connectivity index (χ1n) is 9.87. The Morgan fingerprint density at radius 1 is 1.18 bits per heavy atom. The summed E-state index contributed by atoms with van der Waals surface area (Å²) in [5.74, 6) is -1.40. The summed E-state index contributed by atoms with van der Waals surface area (Å²) in [6.45, 7) is 3.99. The van der Waals surface area contributed by atoms with E-state index in [0.717, 1.165) is 0 Å². The molecule has 0 bridgehead atoms. The molecule has 3 rings (SSSR count). The van der Waals surface area contributed by atoms with Gasteiger partial charge >= 0.3 is 28.1 Å². The number of rotatable bonds is 8. The van der Waals surface area contributed by atoms with E-state index in [4.69, 9.17) is 18.9 Å². The van der Waals surface area contributed by atoms with Gasteiger partial charge in [-0.2, -0.15) is 13.4 Å². The molecule has 34 heavy (non-hydrogen) atoms. The summed E-state index contributed by atoms with van der Waals surface area (Å²) in [4.78, 5) is 39.2. The zero-order valence-electron chi connectivity index (χ0n) is 18.3. The van der Waals surface area contributed by atoms with Crippen LogP contribution in [0.15, 0.2) is 35.3 Å². The van der Waals surface area contributed by atoms with E-state index in [2.05, 4.69) is 9.17 Å². The van der Waals surface area contributed by atoms with Gasteiger partial charge in [0.25, 0.3) is 0 Å². The molecule has 0 N–H and O–H groups in total. The van der Waals surface area contributed by atoms with E-state index in [0.29, 0.717) is 11.1 Å². The Bertz CT molecular complexity index is 1200. The summed E-state index contributed by atoms with van der Waals surface area (Å²) in [6, 6.07) is 5.39. The monoisotopic (exact) mass is 500 g/mol. The summed E-state index contributed by atoms with van der Waals surface area (Å²) >= 11 is 0. The normalized spacial score (nSPS) is 19.9. The van der Waals surface area contributed by atoms with Gasteiger partial charge in [0.2, 0.25) is 12.2 Å². The molecule has 1 aliphatic heterocycles. The summed E-state index contributed by atoms with van der Waals surface area (Å²) in [5.41, 5.74) is 0.334. The molecule has 2 aromatic rings. The van der Waals surface area contributed by atoms with Gasteiger partial charge in [-0.1, -0.05) is 16.0 Å². The number of ether oxygens (including phenoxy) is 4. The Labute approximate surface area is 193 Å². The molecule has 12 nitrogen and oxygen atoms in total. The molecule has 0 aliphatic carbocycles. The lowest BCUT2D eigenvalue weighted by Gasteiger charge is -2.17. The first-order valence-corrected chi connectivity index (χ1v) is 11.2. The van der Waals surface area contributed by atoms with Crippen LogP contribution < -0.4 is 14.6 Å². The zero-order valence-corrected chi connectivity index (χ0v) is 19.1. The van der Waals surface area contributed by atoms with Crippen LogP contribution in [0.4, 0.5) is 3.89 Å². The van der Waals surface area contributed by atoms with E-state index in [1.807, 2.05) is 0 Å². The number of aromatic nitrogens is 2. The highest BCUT2D eigenvalue weighted by Gasteiger charge is 2.41. The van der Waals surface area contributed by atoms with Crippen molar-refractivity contribution in [3.63, 3.8) is 0 Å². The van der Waals surface area contributed by atoms with Crippen molar-refractivity contribution in [3.05, 3.63) is 52.1 Å². The van der Waals surface area contributed by atoms with E-state index >= 15 is 0 Å². The van der Waals surface area contributed by atoms with Crippen molar-refractivity contribution in [3.8, 4) is 11.6 Å². The fourth-order valence-electron chi connectivity index (χ4n) is 3.18. The average Bonchev–Trinajstić information content (AvgIpc) is 3.09.